The van der Waals surface area contributed by atoms with Crippen LogP contribution in [0.25, 0.3) is 21.7 Å². The van der Waals surface area contributed by atoms with Crippen molar-refractivity contribution in [3.63, 3.8) is 0 Å². The predicted octanol–water partition coefficient (Wildman–Crippen LogP) is 3.09. The Kier molecular flexibility index (Phi) is 2.05. The smallest absolute Gasteiger partial charge is 0.354 e. The van der Waals surface area contributed by atoms with Gasteiger partial charge in [-0.05, 0) is 29.0 Å². The molecule has 3 heteroatoms. The number of nitrogens with zero attached hydrogens (tertiary/aromatic N) is 1. The maximum Gasteiger partial charge on any atom is 0.354 e. The van der Waals surface area contributed by atoms with Crippen molar-refractivity contribution < 1.29 is 9.90 Å². The molecule has 17 heavy (non-hydrogen) atoms. The van der Waals surface area contributed by atoms with Crippen LogP contribution < -0.4 is 0 Å². The van der Waals surface area contributed by atoms with Crippen LogP contribution in [0.5, 0.6) is 0 Å². The van der Waals surface area contributed by atoms with Crippen LogP contribution in [-0.4, -0.2) is 16.1 Å². The lowest BCUT2D eigenvalue weighted by atomic mass is 10.1. The molecule has 0 unspecified atom stereocenters. The highest BCUT2D eigenvalue weighted by Crippen LogP contribution is 2.24. The predicted molar refractivity (Wildman–Crippen MR) is 66.2 cm³/mol. The number of carboxylic acid groups (broad SMARTS) is 1. The normalized spacial score (nSPS) is 10.8. The summed E-state index contributed by atoms with van der Waals surface area (Å²) in [6.07, 6.45) is 0. The van der Waals surface area contributed by atoms with Gasteiger partial charge in [-0.25, -0.2) is 9.78 Å². The molecule has 82 valence electrons. The van der Waals surface area contributed by atoms with Crippen LogP contribution in [-0.2, 0) is 0 Å². The molecule has 0 bridgehead atoms. The van der Waals surface area contributed by atoms with E-state index in [1.165, 1.54) is 6.07 Å². The molecule has 2 aromatic carbocycles. The van der Waals surface area contributed by atoms with Crippen LogP contribution in [0.4, 0.5) is 0 Å². The van der Waals surface area contributed by atoms with E-state index in [0.717, 1.165) is 16.2 Å². The highest BCUT2D eigenvalue weighted by molar-refractivity contribution is 6.06. The molecule has 3 nitrogen and oxygen atoms in total. The van der Waals surface area contributed by atoms with Crippen LogP contribution in [0.15, 0.2) is 48.5 Å². The number of aromatic carboxylic acids is 1. The van der Waals surface area contributed by atoms with Crippen molar-refractivity contribution in [3.8, 4) is 0 Å². The first-order chi connectivity index (χ1) is 8.25. The fourth-order valence-corrected chi connectivity index (χ4v) is 2.01. The zero-order valence-electron chi connectivity index (χ0n) is 8.92. The Balaban J connectivity index is 2.41. The van der Waals surface area contributed by atoms with Gasteiger partial charge in [0.25, 0.3) is 0 Å². The van der Waals surface area contributed by atoms with E-state index in [1.54, 1.807) is 0 Å². The summed E-state index contributed by atoms with van der Waals surface area (Å²) < 4.78 is 0. The third-order valence-electron chi connectivity index (χ3n) is 2.82. The average molecular weight is 223 g/mol. The lowest BCUT2D eigenvalue weighted by Gasteiger charge is -2.03. The molecule has 3 aromatic rings. The Hall–Kier alpha value is -2.42. The fraction of sp³-hybridized carbons (Fsp3) is 0. The van der Waals surface area contributed by atoms with Gasteiger partial charge in [-0.3, -0.25) is 0 Å². The first-order valence-electron chi connectivity index (χ1n) is 5.27. The number of carbonyl (C=O) groups is 1. The Bertz CT molecular complexity index is 734. The van der Waals surface area contributed by atoms with E-state index in [9.17, 15) is 4.79 Å². The standard InChI is InChI=1S/C14H9NO2/c16-14(17)13-8-6-11-10-4-2-1-3-9(10)5-7-12(11)15-13/h1-8H,(H,16,17). The van der Waals surface area contributed by atoms with Crippen molar-refractivity contribution in [2.45, 2.75) is 0 Å². The number of pyridine rings is 1. The fourth-order valence-electron chi connectivity index (χ4n) is 2.01. The third kappa shape index (κ3) is 1.52. The second kappa shape index (κ2) is 3.56. The lowest BCUT2D eigenvalue weighted by molar-refractivity contribution is 0.0691. The number of hydrogen-bond acceptors (Lipinski definition) is 2. The molecule has 0 fully saturated rings. The Morgan fingerprint density at radius 2 is 1.76 bits per heavy atom. The molecule has 0 atom stereocenters. The Morgan fingerprint density at radius 3 is 2.59 bits per heavy atom. The van der Waals surface area contributed by atoms with Gasteiger partial charge in [0, 0.05) is 5.39 Å². The van der Waals surface area contributed by atoms with Gasteiger partial charge in [0.1, 0.15) is 5.69 Å². The maximum absolute atomic E-state index is 10.8. The number of aromatic nitrogens is 1. The first-order valence-corrected chi connectivity index (χ1v) is 5.27. The Labute approximate surface area is 97.3 Å². The average Bonchev–Trinajstić information content (AvgIpc) is 2.38. The number of carboxylic acids is 1. The van der Waals surface area contributed by atoms with Gasteiger partial charge < -0.3 is 5.11 Å². The molecular formula is C14H9NO2. The summed E-state index contributed by atoms with van der Waals surface area (Å²) >= 11 is 0. The summed E-state index contributed by atoms with van der Waals surface area (Å²) in [5.74, 6) is -1.000. The van der Waals surface area contributed by atoms with E-state index >= 15 is 0 Å². The summed E-state index contributed by atoms with van der Waals surface area (Å²) in [7, 11) is 0. The quantitative estimate of drug-likeness (QED) is 0.645. The number of fused-ring (bicyclic) bond motifs is 3. The van der Waals surface area contributed by atoms with Crippen molar-refractivity contribution in [1.29, 1.82) is 0 Å². The highest BCUT2D eigenvalue weighted by atomic mass is 16.4. The molecule has 0 aliphatic carbocycles. The number of benzene rings is 2. The monoisotopic (exact) mass is 223 g/mol. The minimum Gasteiger partial charge on any atom is -0.477 e. The maximum atomic E-state index is 10.8. The SMILES string of the molecule is O=C(O)c1ccc2c(ccc3ccccc32)n1. The second-order valence-electron chi connectivity index (χ2n) is 3.86. The molecule has 0 spiro atoms. The van der Waals surface area contributed by atoms with Crippen molar-refractivity contribution in [1.82, 2.24) is 4.98 Å². The van der Waals surface area contributed by atoms with Gasteiger partial charge in [-0.2, -0.15) is 0 Å². The van der Waals surface area contributed by atoms with Gasteiger partial charge in [0.15, 0.2) is 0 Å². The largest absolute Gasteiger partial charge is 0.477 e. The minimum absolute atomic E-state index is 0.0766. The second-order valence-corrected chi connectivity index (χ2v) is 3.86. The lowest BCUT2D eigenvalue weighted by Crippen LogP contribution is -1.99. The van der Waals surface area contributed by atoms with Crippen LogP contribution in [0, 0.1) is 0 Å². The van der Waals surface area contributed by atoms with E-state index in [2.05, 4.69) is 4.98 Å². The van der Waals surface area contributed by atoms with Crippen molar-refractivity contribution in [3.05, 3.63) is 54.2 Å². The molecule has 0 aliphatic heterocycles. The topological polar surface area (TPSA) is 50.2 Å². The molecule has 0 amide bonds. The van der Waals surface area contributed by atoms with Gasteiger partial charge >= 0.3 is 5.97 Å². The van der Waals surface area contributed by atoms with E-state index in [4.69, 9.17) is 5.11 Å². The molecule has 0 aliphatic rings. The third-order valence-corrected chi connectivity index (χ3v) is 2.82. The first kappa shape index (κ1) is 9.78. The van der Waals surface area contributed by atoms with Crippen LogP contribution in [0.1, 0.15) is 10.5 Å². The van der Waals surface area contributed by atoms with Crippen LogP contribution in [0.2, 0.25) is 0 Å². The van der Waals surface area contributed by atoms with Gasteiger partial charge in [-0.1, -0.05) is 30.3 Å². The molecule has 0 radical (unpaired) electrons. The van der Waals surface area contributed by atoms with Gasteiger partial charge in [0.2, 0.25) is 0 Å². The molecule has 1 N–H and O–H groups in total. The van der Waals surface area contributed by atoms with E-state index in [-0.39, 0.29) is 5.69 Å². The highest BCUT2D eigenvalue weighted by Gasteiger charge is 2.06. The zero-order valence-corrected chi connectivity index (χ0v) is 8.92. The van der Waals surface area contributed by atoms with Crippen molar-refractivity contribution in [2.24, 2.45) is 0 Å². The number of rotatable bonds is 1. The summed E-state index contributed by atoms with van der Waals surface area (Å²) in [5, 5.41) is 12.1. The van der Waals surface area contributed by atoms with Crippen LogP contribution >= 0.6 is 0 Å². The van der Waals surface area contributed by atoms with E-state index in [1.807, 2.05) is 42.5 Å². The molecule has 1 aromatic heterocycles. The van der Waals surface area contributed by atoms with Crippen LogP contribution in [0.3, 0.4) is 0 Å². The minimum atomic E-state index is -1.000. The summed E-state index contributed by atoms with van der Waals surface area (Å²) in [6.45, 7) is 0. The molecule has 0 saturated heterocycles. The zero-order chi connectivity index (χ0) is 11.8. The Morgan fingerprint density at radius 1 is 0.941 bits per heavy atom. The molecule has 0 saturated carbocycles. The summed E-state index contributed by atoms with van der Waals surface area (Å²) in [6, 6.07) is 15.1. The molecule has 1 heterocycles. The number of hydrogen-bond donors (Lipinski definition) is 1. The van der Waals surface area contributed by atoms with Gasteiger partial charge in [0.05, 0.1) is 5.52 Å². The molecule has 3 rings (SSSR count). The van der Waals surface area contributed by atoms with E-state index in [0.29, 0.717) is 5.52 Å². The summed E-state index contributed by atoms with van der Waals surface area (Å²) in [5.41, 5.74) is 0.788. The molecular weight excluding hydrogens is 214 g/mol. The van der Waals surface area contributed by atoms with E-state index < -0.39 is 5.97 Å². The summed E-state index contributed by atoms with van der Waals surface area (Å²) in [4.78, 5) is 15.0. The van der Waals surface area contributed by atoms with Gasteiger partial charge in [-0.15, -0.1) is 0 Å². The van der Waals surface area contributed by atoms with Crippen molar-refractivity contribution >= 4 is 27.6 Å². The van der Waals surface area contributed by atoms with Crippen molar-refractivity contribution in [2.75, 3.05) is 0 Å².